The number of anilines is 1. The summed E-state index contributed by atoms with van der Waals surface area (Å²) < 4.78 is 6.31. The smallest absolute Gasteiger partial charge is 0.267 e. The van der Waals surface area contributed by atoms with Gasteiger partial charge in [0.25, 0.3) is 5.91 Å². The van der Waals surface area contributed by atoms with Crippen molar-refractivity contribution in [1.29, 1.82) is 0 Å². The summed E-state index contributed by atoms with van der Waals surface area (Å²) in [7, 11) is 0. The number of nitrogens with one attached hydrogen (secondary N) is 2. The average Bonchev–Trinajstić information content (AvgIpc) is 2.38. The molecule has 18 heavy (non-hydrogen) atoms. The van der Waals surface area contributed by atoms with Gasteiger partial charge in [-0.25, -0.2) is 0 Å². The minimum atomic E-state index is -0.493. The maximum absolute atomic E-state index is 11.6. The van der Waals surface area contributed by atoms with Gasteiger partial charge >= 0.3 is 0 Å². The molecule has 0 aliphatic heterocycles. The zero-order valence-electron chi connectivity index (χ0n) is 10.3. The Kier molecular flexibility index (Phi) is 6.46. The number of hydrogen-bond acceptors (Lipinski definition) is 3. The molecule has 0 aromatic heterocycles. The molecule has 0 aliphatic carbocycles. The summed E-state index contributed by atoms with van der Waals surface area (Å²) in [4.78, 5) is 11.6. The van der Waals surface area contributed by atoms with Crippen molar-refractivity contribution >= 4 is 27.5 Å². The third kappa shape index (κ3) is 5.33. The topological polar surface area (TPSA) is 50.4 Å². The maximum Gasteiger partial charge on any atom is 0.267 e. The van der Waals surface area contributed by atoms with Gasteiger partial charge in [0.15, 0.2) is 0 Å². The van der Waals surface area contributed by atoms with Crippen LogP contribution < -0.4 is 10.9 Å². The van der Waals surface area contributed by atoms with Crippen molar-refractivity contribution in [2.45, 2.75) is 19.4 Å². The van der Waals surface area contributed by atoms with E-state index in [0.717, 1.165) is 16.6 Å². The Morgan fingerprint density at radius 2 is 2.17 bits per heavy atom. The Balaban J connectivity index is 2.31. The van der Waals surface area contributed by atoms with Crippen LogP contribution in [-0.4, -0.2) is 18.6 Å². The van der Waals surface area contributed by atoms with Crippen LogP contribution in [0.15, 0.2) is 41.4 Å². The Hall–Kier alpha value is -1.33. The Morgan fingerprint density at radius 3 is 2.78 bits per heavy atom. The second-order valence-corrected chi connectivity index (χ2v) is 4.63. The molecule has 0 saturated heterocycles. The molecule has 1 rings (SSSR count). The highest BCUT2D eigenvalue weighted by atomic mass is 79.9. The molecule has 0 radical (unpaired) electrons. The fourth-order valence-electron chi connectivity index (χ4n) is 1.17. The zero-order chi connectivity index (χ0) is 13.4. The first-order valence-corrected chi connectivity index (χ1v) is 6.46. The van der Waals surface area contributed by atoms with Gasteiger partial charge in [0.2, 0.25) is 0 Å². The standard InChI is InChI=1S/C13H17BrN2O2/c1-3-4-9-18-10(2)13(17)16-15-12-7-5-11(14)6-8-12/h3,5-8,10,15H,1,4,9H2,2H3,(H,16,17). The third-order valence-electron chi connectivity index (χ3n) is 2.23. The lowest BCUT2D eigenvalue weighted by atomic mass is 10.3. The highest BCUT2D eigenvalue weighted by molar-refractivity contribution is 9.10. The van der Waals surface area contributed by atoms with Gasteiger partial charge in [0.1, 0.15) is 6.10 Å². The molecule has 1 amide bonds. The number of hydrogen-bond donors (Lipinski definition) is 2. The van der Waals surface area contributed by atoms with E-state index in [1.54, 1.807) is 13.0 Å². The molecular weight excluding hydrogens is 296 g/mol. The van der Waals surface area contributed by atoms with Crippen LogP contribution in [0.4, 0.5) is 5.69 Å². The number of benzene rings is 1. The number of carbonyl (C=O) groups excluding carboxylic acids is 1. The summed E-state index contributed by atoms with van der Waals surface area (Å²) in [5.74, 6) is -0.206. The monoisotopic (exact) mass is 312 g/mol. The molecule has 0 heterocycles. The van der Waals surface area contributed by atoms with Gasteiger partial charge in [0, 0.05) is 4.47 Å². The third-order valence-corrected chi connectivity index (χ3v) is 2.76. The molecule has 0 fully saturated rings. The van der Waals surface area contributed by atoms with E-state index >= 15 is 0 Å². The first-order chi connectivity index (χ1) is 8.63. The molecule has 2 N–H and O–H groups in total. The lowest BCUT2D eigenvalue weighted by molar-refractivity contribution is -0.131. The zero-order valence-corrected chi connectivity index (χ0v) is 11.9. The minimum Gasteiger partial charge on any atom is -0.368 e. The van der Waals surface area contributed by atoms with Gasteiger partial charge in [-0.3, -0.25) is 15.6 Å². The summed E-state index contributed by atoms with van der Waals surface area (Å²) >= 11 is 3.34. The Labute approximate surface area is 116 Å². The maximum atomic E-state index is 11.6. The summed E-state index contributed by atoms with van der Waals surface area (Å²) in [6.45, 7) is 5.80. The number of halogens is 1. The fraction of sp³-hybridized carbons (Fsp3) is 0.308. The van der Waals surface area contributed by atoms with Crippen molar-refractivity contribution < 1.29 is 9.53 Å². The van der Waals surface area contributed by atoms with Crippen LogP contribution >= 0.6 is 15.9 Å². The Morgan fingerprint density at radius 1 is 1.50 bits per heavy atom. The predicted octanol–water partition coefficient (Wildman–Crippen LogP) is 2.87. The molecule has 4 nitrogen and oxygen atoms in total. The first-order valence-electron chi connectivity index (χ1n) is 5.67. The molecule has 0 aliphatic rings. The lowest BCUT2D eigenvalue weighted by Crippen LogP contribution is -2.38. The molecule has 1 aromatic rings. The van der Waals surface area contributed by atoms with Crippen LogP contribution in [0, 0.1) is 0 Å². The molecule has 1 aromatic carbocycles. The molecule has 98 valence electrons. The number of carbonyl (C=O) groups is 1. The van der Waals surface area contributed by atoms with Crippen molar-refractivity contribution in [1.82, 2.24) is 5.43 Å². The molecule has 1 unspecified atom stereocenters. The van der Waals surface area contributed by atoms with Crippen LogP contribution in [0.2, 0.25) is 0 Å². The number of ether oxygens (including phenoxy) is 1. The first kappa shape index (κ1) is 14.7. The molecule has 1 atom stereocenters. The van der Waals surface area contributed by atoms with E-state index in [-0.39, 0.29) is 5.91 Å². The van der Waals surface area contributed by atoms with Crippen LogP contribution in [0.25, 0.3) is 0 Å². The quantitative estimate of drug-likeness (QED) is 0.462. The number of hydrazine groups is 1. The van der Waals surface area contributed by atoms with Crippen molar-refractivity contribution in [2.24, 2.45) is 0 Å². The molecule has 5 heteroatoms. The van der Waals surface area contributed by atoms with Crippen molar-refractivity contribution in [3.8, 4) is 0 Å². The normalized spacial score (nSPS) is 11.7. The van der Waals surface area contributed by atoms with E-state index in [2.05, 4.69) is 33.4 Å². The highest BCUT2D eigenvalue weighted by Gasteiger charge is 2.12. The van der Waals surface area contributed by atoms with Gasteiger partial charge in [0.05, 0.1) is 12.3 Å². The second-order valence-electron chi connectivity index (χ2n) is 3.71. The van der Waals surface area contributed by atoms with E-state index < -0.39 is 6.10 Å². The Bertz CT molecular complexity index is 392. The van der Waals surface area contributed by atoms with Gasteiger partial charge in [-0.15, -0.1) is 6.58 Å². The largest absolute Gasteiger partial charge is 0.368 e. The van der Waals surface area contributed by atoms with Crippen LogP contribution in [0.5, 0.6) is 0 Å². The minimum absolute atomic E-state index is 0.206. The van der Waals surface area contributed by atoms with Gasteiger partial charge in [-0.05, 0) is 37.6 Å². The SMILES string of the molecule is C=CCCOC(C)C(=O)NNc1ccc(Br)cc1. The van der Waals surface area contributed by atoms with Crippen LogP contribution in [0.3, 0.4) is 0 Å². The van der Waals surface area contributed by atoms with Crippen molar-refractivity contribution in [2.75, 3.05) is 12.0 Å². The predicted molar refractivity (Wildman–Crippen MR) is 76.1 cm³/mol. The number of amides is 1. The lowest BCUT2D eigenvalue weighted by Gasteiger charge is -2.14. The summed E-state index contributed by atoms with van der Waals surface area (Å²) in [6, 6.07) is 7.48. The molecule has 0 saturated carbocycles. The fourth-order valence-corrected chi connectivity index (χ4v) is 1.44. The number of rotatable bonds is 7. The average molecular weight is 313 g/mol. The summed E-state index contributed by atoms with van der Waals surface area (Å²) in [5.41, 5.74) is 6.22. The van der Waals surface area contributed by atoms with Crippen LogP contribution in [0.1, 0.15) is 13.3 Å². The highest BCUT2D eigenvalue weighted by Crippen LogP contribution is 2.13. The van der Waals surface area contributed by atoms with Crippen LogP contribution in [-0.2, 0) is 9.53 Å². The van der Waals surface area contributed by atoms with Gasteiger partial charge in [-0.1, -0.05) is 22.0 Å². The van der Waals surface area contributed by atoms with E-state index in [0.29, 0.717) is 6.61 Å². The second kappa shape index (κ2) is 7.89. The molecule has 0 bridgehead atoms. The summed E-state index contributed by atoms with van der Waals surface area (Å²) in [6.07, 6.45) is 2.00. The van der Waals surface area contributed by atoms with Crippen molar-refractivity contribution in [3.63, 3.8) is 0 Å². The summed E-state index contributed by atoms with van der Waals surface area (Å²) in [5, 5.41) is 0. The molecular formula is C13H17BrN2O2. The van der Waals surface area contributed by atoms with Crippen molar-refractivity contribution in [3.05, 3.63) is 41.4 Å². The van der Waals surface area contributed by atoms with Gasteiger partial charge < -0.3 is 4.74 Å². The van der Waals surface area contributed by atoms with E-state index in [4.69, 9.17) is 4.74 Å². The van der Waals surface area contributed by atoms with Gasteiger partial charge in [-0.2, -0.15) is 0 Å². The van der Waals surface area contributed by atoms with E-state index in [1.165, 1.54) is 0 Å². The molecule has 0 spiro atoms. The van der Waals surface area contributed by atoms with E-state index in [1.807, 2.05) is 24.3 Å². The van der Waals surface area contributed by atoms with E-state index in [9.17, 15) is 4.79 Å².